The van der Waals surface area contributed by atoms with Gasteiger partial charge in [0.1, 0.15) is 17.6 Å². The maximum Gasteiger partial charge on any atom is 0.145 e. The fourth-order valence-electron chi connectivity index (χ4n) is 1.78. The number of pyridine rings is 1. The number of rotatable bonds is 4. The maximum absolute atomic E-state index is 9.01. The van der Waals surface area contributed by atoms with Crippen molar-refractivity contribution in [2.24, 2.45) is 0 Å². The zero-order valence-corrected chi connectivity index (χ0v) is 13.0. The molecule has 2 aromatic heterocycles. The first-order valence-electron chi connectivity index (χ1n) is 6.61. The van der Waals surface area contributed by atoms with E-state index < -0.39 is 0 Å². The number of hydrogen-bond acceptors (Lipinski definition) is 5. The fraction of sp³-hybridized carbons (Fsp3) is 0.400. The van der Waals surface area contributed by atoms with Crippen LogP contribution in [0.5, 0.6) is 0 Å². The van der Waals surface area contributed by atoms with E-state index in [-0.39, 0.29) is 6.04 Å². The summed E-state index contributed by atoms with van der Waals surface area (Å²) in [5, 5.41) is 15.5. The highest BCUT2D eigenvalue weighted by molar-refractivity contribution is 7.09. The summed E-state index contributed by atoms with van der Waals surface area (Å²) in [7, 11) is 0. The first-order chi connectivity index (χ1) is 9.51. The lowest BCUT2D eigenvalue weighted by Crippen LogP contribution is -2.09. The van der Waals surface area contributed by atoms with Crippen LogP contribution in [0.15, 0.2) is 17.5 Å². The van der Waals surface area contributed by atoms with Crippen molar-refractivity contribution in [2.75, 3.05) is 5.32 Å². The Balaban J connectivity index is 2.14. The zero-order chi connectivity index (χ0) is 14.7. The van der Waals surface area contributed by atoms with Crippen LogP contribution >= 0.6 is 11.3 Å². The largest absolute Gasteiger partial charge is 0.362 e. The lowest BCUT2D eigenvalue weighted by molar-refractivity contribution is 0.798. The second kappa shape index (κ2) is 6.02. The van der Waals surface area contributed by atoms with Gasteiger partial charge in [-0.1, -0.05) is 19.9 Å². The highest BCUT2D eigenvalue weighted by Crippen LogP contribution is 2.24. The number of anilines is 1. The Morgan fingerprint density at radius 3 is 2.60 bits per heavy atom. The molecule has 0 aromatic carbocycles. The van der Waals surface area contributed by atoms with E-state index in [2.05, 4.69) is 40.6 Å². The highest BCUT2D eigenvalue weighted by Gasteiger charge is 2.12. The first kappa shape index (κ1) is 14.5. The van der Waals surface area contributed by atoms with Gasteiger partial charge in [0.2, 0.25) is 0 Å². The van der Waals surface area contributed by atoms with E-state index in [0.29, 0.717) is 17.4 Å². The smallest absolute Gasteiger partial charge is 0.145 e. The molecule has 4 nitrogen and oxygen atoms in total. The summed E-state index contributed by atoms with van der Waals surface area (Å²) < 4.78 is 0. The van der Waals surface area contributed by atoms with Gasteiger partial charge >= 0.3 is 0 Å². The zero-order valence-electron chi connectivity index (χ0n) is 12.1. The Kier molecular flexibility index (Phi) is 4.35. The van der Waals surface area contributed by atoms with Crippen LogP contribution in [0.2, 0.25) is 0 Å². The third-order valence-electron chi connectivity index (χ3n) is 3.04. The number of aryl methyl sites for hydroxylation is 1. The minimum Gasteiger partial charge on any atom is -0.362 e. The number of aromatic nitrogens is 2. The van der Waals surface area contributed by atoms with Crippen molar-refractivity contribution < 1.29 is 0 Å². The predicted molar refractivity (Wildman–Crippen MR) is 81.9 cm³/mol. The molecule has 0 aliphatic carbocycles. The molecule has 0 amide bonds. The maximum atomic E-state index is 9.01. The number of nitriles is 1. The van der Waals surface area contributed by atoms with Gasteiger partial charge in [-0.15, -0.1) is 11.3 Å². The Hall–Kier alpha value is -1.93. The van der Waals surface area contributed by atoms with Crippen LogP contribution in [0.3, 0.4) is 0 Å². The molecular formula is C15H18N4S. The summed E-state index contributed by atoms with van der Waals surface area (Å²) in [5.74, 6) is 1.15. The molecule has 0 saturated heterocycles. The van der Waals surface area contributed by atoms with Gasteiger partial charge in [-0.3, -0.25) is 0 Å². The van der Waals surface area contributed by atoms with Crippen LogP contribution in [0.4, 0.5) is 5.82 Å². The van der Waals surface area contributed by atoms with Crippen molar-refractivity contribution in [2.45, 2.75) is 39.7 Å². The minimum atomic E-state index is 0.0699. The van der Waals surface area contributed by atoms with Crippen LogP contribution in [0.25, 0.3) is 0 Å². The van der Waals surface area contributed by atoms with Gasteiger partial charge in [-0.2, -0.15) is 5.26 Å². The van der Waals surface area contributed by atoms with E-state index in [0.717, 1.165) is 16.3 Å². The van der Waals surface area contributed by atoms with Crippen LogP contribution < -0.4 is 5.32 Å². The molecule has 0 aliphatic rings. The second-order valence-corrected chi connectivity index (χ2v) is 5.99. The number of nitrogens with one attached hydrogen (secondary N) is 1. The standard InChI is InChI=1S/C15H18N4S/c1-9(2)15-19-13(8-20-15)11(4)17-14-6-5-10(3)12(7-16)18-14/h5-6,8-9,11H,1-4H3,(H,17,18). The SMILES string of the molecule is Cc1ccc(NC(C)c2csc(C(C)C)n2)nc1C#N. The third kappa shape index (κ3) is 3.14. The van der Waals surface area contributed by atoms with Crippen LogP contribution in [0, 0.1) is 18.3 Å². The van der Waals surface area contributed by atoms with Gasteiger partial charge in [0.15, 0.2) is 0 Å². The third-order valence-corrected chi connectivity index (χ3v) is 4.21. The average molecular weight is 286 g/mol. The topological polar surface area (TPSA) is 61.6 Å². The molecule has 1 N–H and O–H groups in total. The lowest BCUT2D eigenvalue weighted by atomic mass is 10.2. The summed E-state index contributed by atoms with van der Waals surface area (Å²) in [6.07, 6.45) is 0. The number of hydrogen-bond donors (Lipinski definition) is 1. The monoisotopic (exact) mass is 286 g/mol. The Bertz CT molecular complexity index is 640. The molecule has 104 valence electrons. The molecule has 2 heterocycles. The van der Waals surface area contributed by atoms with E-state index in [1.807, 2.05) is 26.0 Å². The predicted octanol–water partition coefficient (Wildman–Crippen LogP) is 4.01. The molecule has 1 unspecified atom stereocenters. The molecular weight excluding hydrogens is 268 g/mol. The molecule has 2 rings (SSSR count). The molecule has 5 heteroatoms. The quantitative estimate of drug-likeness (QED) is 0.922. The van der Waals surface area contributed by atoms with E-state index in [4.69, 9.17) is 5.26 Å². The average Bonchev–Trinajstić information content (AvgIpc) is 2.91. The molecule has 0 radical (unpaired) electrons. The van der Waals surface area contributed by atoms with Gasteiger partial charge in [-0.05, 0) is 25.5 Å². The van der Waals surface area contributed by atoms with E-state index in [1.165, 1.54) is 0 Å². The van der Waals surface area contributed by atoms with Crippen molar-refractivity contribution >= 4 is 17.2 Å². The fourth-order valence-corrected chi connectivity index (χ4v) is 2.71. The molecule has 20 heavy (non-hydrogen) atoms. The molecule has 0 fully saturated rings. The number of thiazole rings is 1. The Morgan fingerprint density at radius 2 is 2.00 bits per heavy atom. The Labute approximate surface area is 123 Å². The van der Waals surface area contributed by atoms with Crippen molar-refractivity contribution in [3.63, 3.8) is 0 Å². The normalized spacial score (nSPS) is 12.2. The Morgan fingerprint density at radius 1 is 1.25 bits per heavy atom. The van der Waals surface area contributed by atoms with Gasteiger partial charge in [0.05, 0.1) is 16.7 Å². The van der Waals surface area contributed by atoms with E-state index in [9.17, 15) is 0 Å². The molecule has 2 aromatic rings. The molecule has 0 saturated carbocycles. The van der Waals surface area contributed by atoms with Gasteiger partial charge < -0.3 is 5.32 Å². The summed E-state index contributed by atoms with van der Waals surface area (Å²) in [6, 6.07) is 5.97. The van der Waals surface area contributed by atoms with E-state index in [1.54, 1.807) is 11.3 Å². The molecule has 0 aliphatic heterocycles. The summed E-state index contributed by atoms with van der Waals surface area (Å²) in [6.45, 7) is 8.21. The summed E-state index contributed by atoms with van der Waals surface area (Å²) in [4.78, 5) is 8.93. The highest BCUT2D eigenvalue weighted by atomic mass is 32.1. The van der Waals surface area contributed by atoms with Gasteiger partial charge in [0.25, 0.3) is 0 Å². The molecule has 0 bridgehead atoms. The second-order valence-electron chi connectivity index (χ2n) is 5.11. The van der Waals surface area contributed by atoms with Crippen LogP contribution in [-0.4, -0.2) is 9.97 Å². The van der Waals surface area contributed by atoms with Gasteiger partial charge in [-0.25, -0.2) is 9.97 Å². The first-order valence-corrected chi connectivity index (χ1v) is 7.48. The van der Waals surface area contributed by atoms with Crippen molar-refractivity contribution in [1.29, 1.82) is 5.26 Å². The summed E-state index contributed by atoms with van der Waals surface area (Å²) >= 11 is 1.68. The summed E-state index contributed by atoms with van der Waals surface area (Å²) in [5.41, 5.74) is 2.37. The number of nitrogens with zero attached hydrogens (tertiary/aromatic N) is 3. The van der Waals surface area contributed by atoms with E-state index >= 15 is 0 Å². The molecule has 1 atom stereocenters. The minimum absolute atomic E-state index is 0.0699. The lowest BCUT2D eigenvalue weighted by Gasteiger charge is -2.13. The molecule has 0 spiro atoms. The van der Waals surface area contributed by atoms with Gasteiger partial charge in [0, 0.05) is 11.3 Å². The van der Waals surface area contributed by atoms with Crippen LogP contribution in [0.1, 0.15) is 54.7 Å². The van der Waals surface area contributed by atoms with Crippen molar-refractivity contribution in [1.82, 2.24) is 9.97 Å². The van der Waals surface area contributed by atoms with Crippen molar-refractivity contribution in [3.05, 3.63) is 39.5 Å². The van der Waals surface area contributed by atoms with Crippen LogP contribution in [-0.2, 0) is 0 Å². The van der Waals surface area contributed by atoms with Crippen molar-refractivity contribution in [3.8, 4) is 6.07 Å².